The first-order chi connectivity index (χ1) is 13.9. The average molecular weight is 429 g/mol. The number of hydrogen-bond acceptors (Lipinski definition) is 3. The molecule has 162 valence electrons. The first-order valence-corrected chi connectivity index (χ1v) is 9.00. The van der Waals surface area contributed by atoms with Gasteiger partial charge in [-0.1, -0.05) is 12.1 Å². The van der Waals surface area contributed by atoms with Gasteiger partial charge in [0.15, 0.2) is 0 Å². The molecule has 2 aromatic carbocycles. The molecule has 0 fully saturated rings. The Morgan fingerprint density at radius 1 is 0.900 bits per heavy atom. The Morgan fingerprint density at radius 2 is 1.50 bits per heavy atom. The Balaban J connectivity index is 0.000000220. The number of nitrogens with two attached hydrogens (primary N) is 2. The highest BCUT2D eigenvalue weighted by molar-refractivity contribution is 5.79. The number of pyridine rings is 1. The Kier molecular flexibility index (Phi) is 7.44. The molecule has 0 aliphatic carbocycles. The quantitative estimate of drug-likeness (QED) is 0.542. The lowest BCUT2D eigenvalue weighted by Gasteiger charge is -2.13. The number of halogens is 6. The van der Waals surface area contributed by atoms with Crippen LogP contribution in [0.1, 0.15) is 35.2 Å². The Bertz CT molecular complexity index is 948. The molecule has 3 rings (SSSR count). The van der Waals surface area contributed by atoms with Gasteiger partial charge >= 0.3 is 12.4 Å². The van der Waals surface area contributed by atoms with Gasteiger partial charge in [0.05, 0.1) is 16.6 Å². The molecule has 0 radical (unpaired) electrons. The minimum absolute atomic E-state index is 0.0153. The Hall–Kier alpha value is -2.65. The highest BCUT2D eigenvalue weighted by Crippen LogP contribution is 2.36. The molecule has 0 aliphatic rings. The van der Waals surface area contributed by atoms with E-state index >= 15 is 0 Å². The van der Waals surface area contributed by atoms with Gasteiger partial charge in [-0.3, -0.25) is 4.98 Å². The van der Waals surface area contributed by atoms with Crippen LogP contribution in [0.5, 0.6) is 0 Å². The van der Waals surface area contributed by atoms with Crippen molar-refractivity contribution in [3.63, 3.8) is 0 Å². The predicted molar refractivity (Wildman–Crippen MR) is 104 cm³/mol. The Labute approximate surface area is 169 Å². The van der Waals surface area contributed by atoms with E-state index < -0.39 is 23.5 Å². The zero-order valence-electron chi connectivity index (χ0n) is 16.1. The largest absolute Gasteiger partial charge is 0.416 e. The molecule has 3 aromatic rings. The third kappa shape index (κ3) is 6.43. The highest BCUT2D eigenvalue weighted by Gasteiger charge is 2.36. The molecule has 3 nitrogen and oxygen atoms in total. The van der Waals surface area contributed by atoms with Crippen molar-refractivity contribution >= 4 is 10.9 Å². The van der Waals surface area contributed by atoms with E-state index in [1.807, 2.05) is 31.2 Å². The van der Waals surface area contributed by atoms with Gasteiger partial charge in [0, 0.05) is 17.6 Å². The third-order valence-electron chi connectivity index (χ3n) is 4.23. The summed E-state index contributed by atoms with van der Waals surface area (Å²) < 4.78 is 74.3. The first-order valence-electron chi connectivity index (χ1n) is 9.00. The summed E-state index contributed by atoms with van der Waals surface area (Å²) in [5.41, 5.74) is 10.4. The zero-order valence-corrected chi connectivity index (χ0v) is 16.1. The fraction of sp³-hybridized carbons (Fsp3) is 0.286. The number of aromatic nitrogens is 1. The summed E-state index contributed by atoms with van der Waals surface area (Å²) in [5, 5.41) is 1.15. The van der Waals surface area contributed by atoms with Crippen LogP contribution >= 0.6 is 0 Å². The molecule has 1 unspecified atom stereocenters. The van der Waals surface area contributed by atoms with E-state index in [0.717, 1.165) is 16.5 Å². The molecule has 1 heterocycles. The summed E-state index contributed by atoms with van der Waals surface area (Å²) in [6, 6.07) is 11.7. The topological polar surface area (TPSA) is 64.9 Å². The molecule has 1 aromatic heterocycles. The average Bonchev–Trinajstić information content (AvgIpc) is 2.67. The molecular weight excluding hydrogens is 408 g/mol. The van der Waals surface area contributed by atoms with E-state index in [4.69, 9.17) is 11.5 Å². The van der Waals surface area contributed by atoms with Gasteiger partial charge in [0.25, 0.3) is 0 Å². The molecule has 9 heteroatoms. The van der Waals surface area contributed by atoms with Gasteiger partial charge in [-0.15, -0.1) is 0 Å². The molecule has 0 saturated carbocycles. The standard InChI is InChI=1S/C11H12N2.C10H9F6N/c1-8(12)9-4-5-11-10(7-9)3-2-6-13-11;11-9(12,13)7-3-6(1-2-17)4-8(5-7)10(14,15)16/h2-8H,12H2,1H3;3-5H,1-2,17H2. The molecular formula is C21H21F6N3. The minimum atomic E-state index is -4.80. The van der Waals surface area contributed by atoms with Crippen LogP contribution in [-0.2, 0) is 18.8 Å². The molecule has 0 saturated heterocycles. The monoisotopic (exact) mass is 429 g/mol. The van der Waals surface area contributed by atoms with E-state index in [9.17, 15) is 26.3 Å². The van der Waals surface area contributed by atoms with Crippen LogP contribution in [0.15, 0.2) is 54.7 Å². The summed E-state index contributed by atoms with van der Waals surface area (Å²) in [5.74, 6) is 0. The lowest BCUT2D eigenvalue weighted by Crippen LogP contribution is -2.13. The maximum Gasteiger partial charge on any atom is 0.416 e. The molecule has 1 atom stereocenters. The first kappa shape index (κ1) is 23.6. The molecule has 0 amide bonds. The maximum absolute atomic E-state index is 12.4. The number of alkyl halides is 6. The van der Waals surface area contributed by atoms with Gasteiger partial charge < -0.3 is 11.5 Å². The van der Waals surface area contributed by atoms with Gasteiger partial charge in [-0.25, -0.2) is 0 Å². The fourth-order valence-corrected chi connectivity index (χ4v) is 2.71. The number of fused-ring (bicyclic) bond motifs is 1. The van der Waals surface area contributed by atoms with Crippen LogP contribution in [0.3, 0.4) is 0 Å². The number of hydrogen-bond donors (Lipinski definition) is 2. The van der Waals surface area contributed by atoms with Gasteiger partial charge in [-0.2, -0.15) is 26.3 Å². The van der Waals surface area contributed by atoms with E-state index in [-0.39, 0.29) is 30.6 Å². The summed E-state index contributed by atoms with van der Waals surface area (Å²) >= 11 is 0. The van der Waals surface area contributed by atoms with Crippen LogP contribution in [0, 0.1) is 0 Å². The van der Waals surface area contributed by atoms with Crippen molar-refractivity contribution in [2.24, 2.45) is 11.5 Å². The summed E-state index contributed by atoms with van der Waals surface area (Å²) in [4.78, 5) is 4.24. The lowest BCUT2D eigenvalue weighted by atomic mass is 10.0. The second-order valence-electron chi connectivity index (χ2n) is 6.70. The van der Waals surface area contributed by atoms with Gasteiger partial charge in [-0.05, 0) is 67.4 Å². The second kappa shape index (κ2) is 9.44. The predicted octanol–water partition coefficient (Wildman–Crippen LogP) is 5.48. The number of nitrogens with zero attached hydrogens (tertiary/aromatic N) is 1. The zero-order chi connectivity index (χ0) is 22.5. The molecule has 0 spiro atoms. The fourth-order valence-electron chi connectivity index (χ4n) is 2.71. The van der Waals surface area contributed by atoms with Crippen LogP contribution in [0.2, 0.25) is 0 Å². The second-order valence-corrected chi connectivity index (χ2v) is 6.70. The van der Waals surface area contributed by atoms with Crippen molar-refractivity contribution < 1.29 is 26.3 Å². The summed E-state index contributed by atoms with van der Waals surface area (Å²) in [7, 11) is 0. The molecule has 0 bridgehead atoms. The van der Waals surface area contributed by atoms with Crippen molar-refractivity contribution in [3.05, 3.63) is 77.0 Å². The van der Waals surface area contributed by atoms with Crippen molar-refractivity contribution in [2.75, 3.05) is 6.54 Å². The van der Waals surface area contributed by atoms with Crippen LogP contribution < -0.4 is 11.5 Å². The highest BCUT2D eigenvalue weighted by atomic mass is 19.4. The molecule has 4 N–H and O–H groups in total. The van der Waals surface area contributed by atoms with Crippen molar-refractivity contribution in [1.82, 2.24) is 4.98 Å². The van der Waals surface area contributed by atoms with E-state index in [1.165, 1.54) is 0 Å². The van der Waals surface area contributed by atoms with Gasteiger partial charge in [0.2, 0.25) is 0 Å². The normalized spacial score (nSPS) is 13.0. The van der Waals surface area contributed by atoms with Crippen molar-refractivity contribution in [3.8, 4) is 0 Å². The number of benzene rings is 2. The van der Waals surface area contributed by atoms with E-state index in [2.05, 4.69) is 11.1 Å². The smallest absolute Gasteiger partial charge is 0.330 e. The third-order valence-corrected chi connectivity index (χ3v) is 4.23. The summed E-state index contributed by atoms with van der Waals surface area (Å²) in [6.45, 7) is 1.97. The van der Waals surface area contributed by atoms with E-state index in [0.29, 0.717) is 12.1 Å². The maximum atomic E-state index is 12.4. The van der Waals surface area contributed by atoms with Crippen molar-refractivity contribution in [1.29, 1.82) is 0 Å². The molecule has 0 aliphatic heterocycles. The SMILES string of the molecule is CC(N)c1ccc2ncccc2c1.NCCc1cc(C(F)(F)F)cc(C(F)(F)F)c1. The van der Waals surface area contributed by atoms with Crippen LogP contribution in [-0.4, -0.2) is 11.5 Å². The number of rotatable bonds is 3. The minimum Gasteiger partial charge on any atom is -0.330 e. The van der Waals surface area contributed by atoms with E-state index in [1.54, 1.807) is 6.20 Å². The van der Waals surface area contributed by atoms with Gasteiger partial charge in [0.1, 0.15) is 0 Å². The van der Waals surface area contributed by atoms with Crippen molar-refractivity contribution in [2.45, 2.75) is 31.7 Å². The molecule has 30 heavy (non-hydrogen) atoms. The lowest BCUT2D eigenvalue weighted by molar-refractivity contribution is -0.143. The van der Waals surface area contributed by atoms with Crippen LogP contribution in [0.25, 0.3) is 10.9 Å². The summed E-state index contributed by atoms with van der Waals surface area (Å²) in [6.07, 6.45) is -7.84. The Morgan fingerprint density at radius 3 is 2.00 bits per heavy atom. The van der Waals surface area contributed by atoms with Crippen LogP contribution in [0.4, 0.5) is 26.3 Å².